The van der Waals surface area contributed by atoms with E-state index in [1.165, 1.54) is 33.4 Å². The van der Waals surface area contributed by atoms with Crippen molar-refractivity contribution in [2.45, 2.75) is 12.8 Å². The van der Waals surface area contributed by atoms with Crippen LogP contribution >= 0.6 is 17.0 Å². The Hall–Kier alpha value is -0.747. The monoisotopic (exact) mass is 403 g/mol. The van der Waals surface area contributed by atoms with Gasteiger partial charge < -0.3 is 0 Å². The second kappa shape index (κ2) is 7.69. The van der Waals surface area contributed by atoms with E-state index in [-0.39, 0.29) is 0 Å². The van der Waals surface area contributed by atoms with Crippen LogP contribution in [0.1, 0.15) is 22.3 Å². The average Bonchev–Trinajstić information content (AvgIpc) is 3.10. The summed E-state index contributed by atoms with van der Waals surface area (Å²) in [6.45, 7) is 0. The van der Waals surface area contributed by atoms with E-state index < -0.39 is 20.8 Å². The van der Waals surface area contributed by atoms with Crippen LogP contribution in [0, 0.1) is 6.42 Å². The molecule has 2 aromatic carbocycles. The number of benzene rings is 2. The van der Waals surface area contributed by atoms with E-state index in [9.17, 15) is 0 Å². The molecule has 0 spiro atoms. The SMILES string of the molecule is C1=C([CH-]C2=Cc3ccccc3C2)Cc2ccccc21.[Cl][Zr][Cl]. The molecule has 0 saturated carbocycles. The summed E-state index contributed by atoms with van der Waals surface area (Å²) in [6, 6.07) is 17.3. The third-order valence-corrected chi connectivity index (χ3v) is 3.95. The molecule has 0 amide bonds. The van der Waals surface area contributed by atoms with Gasteiger partial charge in [-0.3, -0.25) is 0 Å². The molecular weight excluding hydrogens is 390 g/mol. The van der Waals surface area contributed by atoms with E-state index in [2.05, 4.69) is 67.1 Å². The van der Waals surface area contributed by atoms with E-state index >= 15 is 0 Å². The van der Waals surface area contributed by atoms with E-state index in [4.69, 9.17) is 17.0 Å². The van der Waals surface area contributed by atoms with Gasteiger partial charge >= 0.3 is 37.9 Å². The van der Waals surface area contributed by atoms with E-state index in [0.29, 0.717) is 0 Å². The number of halogens is 2. The van der Waals surface area contributed by atoms with Crippen molar-refractivity contribution in [3.05, 3.63) is 88.4 Å². The van der Waals surface area contributed by atoms with Gasteiger partial charge in [0.05, 0.1) is 0 Å². The van der Waals surface area contributed by atoms with Crippen LogP contribution in [0.5, 0.6) is 0 Å². The number of hydrogen-bond donors (Lipinski definition) is 0. The summed E-state index contributed by atoms with van der Waals surface area (Å²) >= 11 is -0.826. The Balaban J connectivity index is 0.000000446. The molecule has 0 aliphatic heterocycles. The summed E-state index contributed by atoms with van der Waals surface area (Å²) in [5.74, 6) is 0. The Bertz CT molecular complexity index is 670. The van der Waals surface area contributed by atoms with Crippen LogP contribution in [0.3, 0.4) is 0 Å². The number of rotatable bonds is 2. The standard InChI is InChI=1S/C19H15.2ClH.Zr/c1-2-6-17-11-14(10-16(17)5-1)9-15-12-18-7-3-4-8-19(18)13-15;;;/h1-10,12H,11,13H2;2*1H;/q-1;;;+2/p-2. The summed E-state index contributed by atoms with van der Waals surface area (Å²) in [5, 5.41) is 0. The third kappa shape index (κ3) is 3.77. The van der Waals surface area contributed by atoms with Crippen LogP contribution in [-0.2, 0) is 33.7 Å². The van der Waals surface area contributed by atoms with Crippen molar-refractivity contribution in [2.75, 3.05) is 0 Å². The second-order valence-corrected chi connectivity index (χ2v) is 9.14. The van der Waals surface area contributed by atoms with Gasteiger partial charge in [-0.2, -0.15) is 17.6 Å². The number of hydrogen-bond acceptors (Lipinski definition) is 0. The maximum absolute atomic E-state index is 4.93. The molecule has 0 aromatic heterocycles. The molecule has 0 bridgehead atoms. The van der Waals surface area contributed by atoms with Gasteiger partial charge in [-0.1, -0.05) is 70.8 Å². The Labute approximate surface area is 150 Å². The van der Waals surface area contributed by atoms with Crippen molar-refractivity contribution in [2.24, 2.45) is 0 Å². The Kier molecular flexibility index (Phi) is 5.63. The van der Waals surface area contributed by atoms with Gasteiger partial charge in [0.15, 0.2) is 0 Å². The first-order valence-corrected chi connectivity index (χ1v) is 13.5. The first-order chi connectivity index (χ1) is 10.8. The molecular formula is C19H15Cl2Zr-. The summed E-state index contributed by atoms with van der Waals surface area (Å²) < 4.78 is 0. The summed E-state index contributed by atoms with van der Waals surface area (Å²) in [7, 11) is 9.87. The van der Waals surface area contributed by atoms with E-state index in [1.54, 1.807) is 0 Å². The molecule has 0 N–H and O–H groups in total. The average molecular weight is 405 g/mol. The molecule has 2 aromatic rings. The molecule has 0 saturated heterocycles. The molecule has 22 heavy (non-hydrogen) atoms. The van der Waals surface area contributed by atoms with Gasteiger partial charge in [-0.05, 0) is 12.8 Å². The van der Waals surface area contributed by atoms with Crippen LogP contribution < -0.4 is 0 Å². The quantitative estimate of drug-likeness (QED) is 0.550. The molecule has 0 radical (unpaired) electrons. The van der Waals surface area contributed by atoms with Crippen molar-refractivity contribution in [1.29, 1.82) is 0 Å². The van der Waals surface area contributed by atoms with Crippen LogP contribution in [-0.4, -0.2) is 0 Å². The van der Waals surface area contributed by atoms with Gasteiger partial charge in [-0.25, -0.2) is 0 Å². The van der Waals surface area contributed by atoms with Gasteiger partial charge in [-0.15, -0.1) is 12.2 Å². The van der Waals surface area contributed by atoms with Gasteiger partial charge in [0.1, 0.15) is 0 Å². The first kappa shape index (κ1) is 16.1. The molecule has 2 aliphatic rings. The molecule has 0 heterocycles. The predicted octanol–water partition coefficient (Wildman–Crippen LogP) is 5.85. The van der Waals surface area contributed by atoms with Crippen molar-refractivity contribution in [1.82, 2.24) is 0 Å². The molecule has 2 aliphatic carbocycles. The molecule has 110 valence electrons. The topological polar surface area (TPSA) is 0 Å². The van der Waals surface area contributed by atoms with E-state index in [0.717, 1.165) is 12.8 Å². The molecule has 4 rings (SSSR count). The Morgan fingerprint density at radius 1 is 0.727 bits per heavy atom. The first-order valence-electron chi connectivity index (χ1n) is 7.18. The minimum absolute atomic E-state index is 0.826. The molecule has 0 nitrogen and oxygen atoms in total. The van der Waals surface area contributed by atoms with Crippen molar-refractivity contribution in [3.63, 3.8) is 0 Å². The summed E-state index contributed by atoms with van der Waals surface area (Å²) in [6.07, 6.45) is 9.14. The molecule has 3 heteroatoms. The molecule has 0 unspecified atom stereocenters. The third-order valence-electron chi connectivity index (χ3n) is 3.95. The Morgan fingerprint density at radius 2 is 1.14 bits per heavy atom. The van der Waals surface area contributed by atoms with Crippen LogP contribution in [0.15, 0.2) is 59.7 Å². The number of allylic oxidation sites excluding steroid dienone is 2. The fourth-order valence-electron chi connectivity index (χ4n) is 3.04. The van der Waals surface area contributed by atoms with Crippen molar-refractivity contribution < 1.29 is 20.8 Å². The zero-order valence-electron chi connectivity index (χ0n) is 12.0. The van der Waals surface area contributed by atoms with Gasteiger partial charge in [0, 0.05) is 0 Å². The normalized spacial score (nSPS) is 14.1. The number of fused-ring (bicyclic) bond motifs is 2. The van der Waals surface area contributed by atoms with Gasteiger partial charge in [0.25, 0.3) is 0 Å². The van der Waals surface area contributed by atoms with Crippen molar-refractivity contribution in [3.8, 4) is 0 Å². The molecule has 0 atom stereocenters. The fourth-order valence-corrected chi connectivity index (χ4v) is 3.04. The predicted molar refractivity (Wildman–Crippen MR) is 92.3 cm³/mol. The maximum atomic E-state index is 4.93. The zero-order chi connectivity index (χ0) is 15.4. The summed E-state index contributed by atoms with van der Waals surface area (Å²) in [4.78, 5) is 0. The molecule has 0 fully saturated rings. The van der Waals surface area contributed by atoms with Crippen LogP contribution in [0.25, 0.3) is 12.2 Å². The Morgan fingerprint density at radius 3 is 1.55 bits per heavy atom. The van der Waals surface area contributed by atoms with Crippen LogP contribution in [0.2, 0.25) is 0 Å². The minimum atomic E-state index is -0.826. The van der Waals surface area contributed by atoms with Crippen LogP contribution in [0.4, 0.5) is 0 Å². The zero-order valence-corrected chi connectivity index (χ0v) is 16.0. The summed E-state index contributed by atoms with van der Waals surface area (Å²) in [5.41, 5.74) is 8.52. The van der Waals surface area contributed by atoms with Gasteiger partial charge in [0.2, 0.25) is 0 Å². The van der Waals surface area contributed by atoms with E-state index in [1.807, 2.05) is 0 Å². The van der Waals surface area contributed by atoms with Crippen molar-refractivity contribution >= 4 is 29.2 Å². The fraction of sp³-hybridized carbons (Fsp3) is 0.105. The second-order valence-electron chi connectivity index (χ2n) is 5.41.